The Morgan fingerprint density at radius 1 is 0.914 bits per heavy atom. The van der Waals surface area contributed by atoms with Gasteiger partial charge in [-0.2, -0.15) is 0 Å². The van der Waals surface area contributed by atoms with Crippen molar-refractivity contribution in [3.8, 4) is 17.4 Å². The number of sulfonamides is 1. The highest BCUT2D eigenvalue weighted by Crippen LogP contribution is 2.26. The Balaban J connectivity index is 1.26. The quantitative estimate of drug-likeness (QED) is 0.391. The summed E-state index contributed by atoms with van der Waals surface area (Å²) in [5, 5.41) is 0. The molecule has 1 fully saturated rings. The van der Waals surface area contributed by atoms with Crippen molar-refractivity contribution >= 4 is 33.2 Å². The number of amides is 2. The molecule has 0 aliphatic carbocycles. The molecule has 1 saturated heterocycles. The van der Waals surface area contributed by atoms with Gasteiger partial charge in [0, 0.05) is 37.0 Å². The normalized spacial score (nSPS) is 13.8. The number of carbonyl (C=O) groups excluding carboxylic acids is 2. The summed E-state index contributed by atoms with van der Waals surface area (Å²) in [5.74, 6) is 0.748. The molecule has 176 valence electrons. The van der Waals surface area contributed by atoms with Gasteiger partial charge in [0.2, 0.25) is 17.7 Å². The molecule has 1 aliphatic heterocycles. The first-order chi connectivity index (χ1) is 16.9. The Labute approximate surface area is 200 Å². The van der Waals surface area contributed by atoms with Crippen LogP contribution in [0.5, 0.6) is 11.6 Å². The predicted octanol–water partition coefficient (Wildman–Crippen LogP) is 2.91. The summed E-state index contributed by atoms with van der Waals surface area (Å²) < 4.78 is 35.5. The van der Waals surface area contributed by atoms with Gasteiger partial charge in [0.1, 0.15) is 24.2 Å². The Hall–Kier alpha value is -4.58. The summed E-state index contributed by atoms with van der Waals surface area (Å²) in [6.45, 7) is 0. The Morgan fingerprint density at radius 3 is 2.29 bits per heavy atom. The lowest BCUT2D eigenvalue weighted by atomic mass is 10.3. The molecule has 0 atom stereocenters. The highest BCUT2D eigenvalue weighted by atomic mass is 32.2. The van der Waals surface area contributed by atoms with Crippen molar-refractivity contribution in [1.29, 1.82) is 0 Å². The summed E-state index contributed by atoms with van der Waals surface area (Å²) in [4.78, 5) is 37.0. The monoisotopic (exact) mass is 490 g/mol. The van der Waals surface area contributed by atoms with Crippen molar-refractivity contribution in [3.63, 3.8) is 0 Å². The SMILES string of the molecule is O=C1CCC(=O)N1c1ccc(S(=O)(=O)Nc2ccc(Oc3cc(-n4ccnc4)ncn3)cc2)cc1. The molecule has 11 nitrogen and oxygen atoms in total. The zero-order chi connectivity index (χ0) is 24.4. The van der Waals surface area contributed by atoms with Crippen molar-refractivity contribution in [2.24, 2.45) is 0 Å². The van der Waals surface area contributed by atoms with Gasteiger partial charge in [-0.05, 0) is 48.5 Å². The van der Waals surface area contributed by atoms with E-state index in [0.717, 1.165) is 4.90 Å². The van der Waals surface area contributed by atoms with Crippen LogP contribution in [0.2, 0.25) is 0 Å². The Bertz CT molecular complexity index is 1470. The topological polar surface area (TPSA) is 136 Å². The molecule has 4 aromatic rings. The molecule has 3 heterocycles. The van der Waals surface area contributed by atoms with Crippen LogP contribution in [-0.4, -0.2) is 39.8 Å². The van der Waals surface area contributed by atoms with E-state index in [9.17, 15) is 18.0 Å². The minimum absolute atomic E-state index is 0.00584. The predicted molar refractivity (Wildman–Crippen MR) is 125 cm³/mol. The van der Waals surface area contributed by atoms with Gasteiger partial charge in [-0.15, -0.1) is 0 Å². The number of aromatic nitrogens is 4. The van der Waals surface area contributed by atoms with Gasteiger partial charge in [0.15, 0.2) is 0 Å². The number of nitrogens with zero attached hydrogens (tertiary/aromatic N) is 5. The van der Waals surface area contributed by atoms with Crippen LogP contribution >= 0.6 is 0 Å². The van der Waals surface area contributed by atoms with Crippen LogP contribution < -0.4 is 14.4 Å². The minimum Gasteiger partial charge on any atom is -0.439 e. The van der Waals surface area contributed by atoms with Crippen LogP contribution in [0.15, 0.2) is 84.5 Å². The zero-order valence-electron chi connectivity index (χ0n) is 18.1. The van der Waals surface area contributed by atoms with Crippen LogP contribution in [0.25, 0.3) is 5.82 Å². The maximum atomic E-state index is 12.8. The molecule has 0 spiro atoms. The number of rotatable bonds is 7. The molecule has 0 radical (unpaired) electrons. The molecule has 1 aliphatic rings. The largest absolute Gasteiger partial charge is 0.439 e. The second kappa shape index (κ2) is 8.99. The Morgan fingerprint density at radius 2 is 1.63 bits per heavy atom. The summed E-state index contributed by atoms with van der Waals surface area (Å²) in [7, 11) is -3.89. The number of imide groups is 1. The van der Waals surface area contributed by atoms with E-state index in [1.807, 2.05) is 0 Å². The van der Waals surface area contributed by atoms with Crippen LogP contribution in [0.1, 0.15) is 12.8 Å². The van der Waals surface area contributed by atoms with E-state index < -0.39 is 10.0 Å². The first-order valence-electron chi connectivity index (χ1n) is 10.5. The van der Waals surface area contributed by atoms with Crippen LogP contribution in [0.3, 0.4) is 0 Å². The fraction of sp³-hybridized carbons (Fsp3) is 0.0870. The first-order valence-corrected chi connectivity index (χ1v) is 11.9. The lowest BCUT2D eigenvalue weighted by Gasteiger charge is -2.14. The summed E-state index contributed by atoms with van der Waals surface area (Å²) >= 11 is 0. The van der Waals surface area contributed by atoms with Gasteiger partial charge in [-0.25, -0.2) is 23.4 Å². The Kier molecular flexibility index (Phi) is 5.71. The molecule has 0 unspecified atom stereocenters. The maximum absolute atomic E-state index is 12.8. The standard InChI is InChI=1S/C23H18N6O5S/c30-22-9-10-23(31)29(22)17-3-7-19(8-4-17)35(32,33)27-16-1-5-18(6-2-16)34-21-13-20(25-14-26-21)28-12-11-24-15-28/h1-8,11-15,27H,9-10H2. The molecule has 0 saturated carbocycles. The molecule has 35 heavy (non-hydrogen) atoms. The van der Waals surface area contributed by atoms with E-state index >= 15 is 0 Å². The molecule has 5 rings (SSSR count). The smallest absolute Gasteiger partial charge is 0.261 e. The lowest BCUT2D eigenvalue weighted by Crippen LogP contribution is -2.28. The van der Waals surface area contributed by atoms with E-state index in [1.54, 1.807) is 53.6 Å². The average Bonchev–Trinajstić information content (AvgIpc) is 3.51. The molecule has 0 bridgehead atoms. The van der Waals surface area contributed by atoms with Crippen LogP contribution in [0.4, 0.5) is 11.4 Å². The number of hydrogen-bond acceptors (Lipinski definition) is 8. The van der Waals surface area contributed by atoms with Crippen molar-refractivity contribution in [2.45, 2.75) is 17.7 Å². The van der Waals surface area contributed by atoms with Gasteiger partial charge < -0.3 is 4.74 Å². The number of benzene rings is 2. The second-order valence-corrected chi connectivity index (χ2v) is 9.22. The van der Waals surface area contributed by atoms with Gasteiger partial charge in [0.25, 0.3) is 10.0 Å². The maximum Gasteiger partial charge on any atom is 0.261 e. The van der Waals surface area contributed by atoms with Gasteiger partial charge in [-0.1, -0.05) is 0 Å². The molecule has 12 heteroatoms. The number of imidazole rings is 1. The summed E-state index contributed by atoms with van der Waals surface area (Å²) in [5.41, 5.74) is 0.673. The molecule has 2 aromatic heterocycles. The minimum atomic E-state index is -3.89. The molecule has 2 aromatic carbocycles. The fourth-order valence-electron chi connectivity index (χ4n) is 3.49. The van der Waals surface area contributed by atoms with Crippen molar-refractivity contribution in [3.05, 3.63) is 79.6 Å². The van der Waals surface area contributed by atoms with Crippen molar-refractivity contribution in [2.75, 3.05) is 9.62 Å². The average molecular weight is 491 g/mol. The number of ether oxygens (including phenoxy) is 1. The fourth-order valence-corrected chi connectivity index (χ4v) is 4.54. The summed E-state index contributed by atoms with van der Waals surface area (Å²) in [6, 6.07) is 13.5. The van der Waals surface area contributed by atoms with Gasteiger partial charge in [-0.3, -0.25) is 23.8 Å². The van der Waals surface area contributed by atoms with Crippen LogP contribution in [-0.2, 0) is 19.6 Å². The van der Waals surface area contributed by atoms with Crippen LogP contribution in [0, 0.1) is 0 Å². The second-order valence-electron chi connectivity index (χ2n) is 7.53. The molecule has 1 N–H and O–H groups in total. The van der Waals surface area contributed by atoms with Crippen molar-refractivity contribution in [1.82, 2.24) is 19.5 Å². The molecular weight excluding hydrogens is 472 g/mol. The molecular formula is C23H18N6O5S. The number of hydrogen-bond donors (Lipinski definition) is 1. The van der Waals surface area contributed by atoms with Crippen molar-refractivity contribution < 1.29 is 22.7 Å². The molecule has 2 amide bonds. The third-order valence-electron chi connectivity index (χ3n) is 5.18. The van der Waals surface area contributed by atoms with E-state index in [2.05, 4.69) is 19.7 Å². The third kappa shape index (κ3) is 4.73. The lowest BCUT2D eigenvalue weighted by molar-refractivity contribution is -0.121. The van der Waals surface area contributed by atoms with Gasteiger partial charge in [0.05, 0.1) is 10.6 Å². The van der Waals surface area contributed by atoms with E-state index in [-0.39, 0.29) is 29.6 Å². The third-order valence-corrected chi connectivity index (χ3v) is 6.58. The number of nitrogens with one attached hydrogen (secondary N) is 1. The van der Waals surface area contributed by atoms with E-state index in [4.69, 9.17) is 4.74 Å². The highest BCUT2D eigenvalue weighted by molar-refractivity contribution is 7.92. The van der Waals surface area contributed by atoms with Gasteiger partial charge >= 0.3 is 0 Å². The first kappa shape index (κ1) is 22.2. The number of anilines is 2. The van der Waals surface area contributed by atoms with E-state index in [1.165, 1.54) is 30.6 Å². The highest BCUT2D eigenvalue weighted by Gasteiger charge is 2.30. The summed E-state index contributed by atoms with van der Waals surface area (Å²) in [6.07, 6.45) is 6.66. The number of carbonyl (C=O) groups is 2. The zero-order valence-corrected chi connectivity index (χ0v) is 18.9. The van der Waals surface area contributed by atoms with E-state index in [0.29, 0.717) is 28.8 Å².